The highest BCUT2D eigenvalue weighted by molar-refractivity contribution is 7.91. The van der Waals surface area contributed by atoms with Gasteiger partial charge in [-0.15, -0.1) is 0 Å². The largest absolute Gasteiger partial charge is 0.484 e. The average Bonchev–Trinajstić information content (AvgIpc) is 2.76. The monoisotopic (exact) mass is 367 g/mol. The molecule has 1 aliphatic heterocycles. The van der Waals surface area contributed by atoms with E-state index in [4.69, 9.17) is 9.15 Å². The molecule has 9 heteroatoms. The molecule has 1 aliphatic rings. The number of rotatable bonds is 4. The van der Waals surface area contributed by atoms with E-state index >= 15 is 0 Å². The second-order valence-electron chi connectivity index (χ2n) is 6.01. The molecule has 3 rings (SSSR count). The van der Waals surface area contributed by atoms with Crippen molar-refractivity contribution >= 4 is 26.7 Å². The number of ether oxygens (including phenoxy) is 1. The number of aryl methyl sites for hydroxylation is 1. The van der Waals surface area contributed by atoms with Gasteiger partial charge in [-0.2, -0.15) is 0 Å². The molecule has 1 fully saturated rings. The molecule has 2 heterocycles. The number of aliphatic hydroxyl groups is 1. The second kappa shape index (κ2) is 6.49. The normalized spacial score (nSPS) is 22.0. The highest BCUT2D eigenvalue weighted by Crippen LogP contribution is 2.22. The number of hydrogen-bond acceptors (Lipinski definition) is 7. The molecule has 1 amide bonds. The standard InChI is InChI=1S/C16H17NO7S/c1-9-4-16(20)24-14-5-10(2-3-11(9)14)23-6-15(19)17-12-7-25(21,22)8-13(12)18/h2-5,12-13,18H,6-8H2,1H3,(H,17,19)/t12-,13-/m1/s1. The minimum absolute atomic E-state index is 0.291. The van der Waals surface area contributed by atoms with Gasteiger partial charge in [-0.25, -0.2) is 13.2 Å². The van der Waals surface area contributed by atoms with Crippen LogP contribution in [0.5, 0.6) is 5.75 Å². The quantitative estimate of drug-likeness (QED) is 0.715. The van der Waals surface area contributed by atoms with Crippen molar-refractivity contribution in [2.45, 2.75) is 19.1 Å². The number of nitrogens with one attached hydrogen (secondary N) is 1. The molecule has 0 aliphatic carbocycles. The first-order chi connectivity index (χ1) is 11.7. The van der Waals surface area contributed by atoms with Crippen LogP contribution in [0.1, 0.15) is 5.56 Å². The van der Waals surface area contributed by atoms with E-state index in [2.05, 4.69) is 5.32 Å². The van der Waals surface area contributed by atoms with Gasteiger partial charge in [0.15, 0.2) is 16.4 Å². The number of carbonyl (C=O) groups is 1. The molecule has 134 valence electrons. The van der Waals surface area contributed by atoms with E-state index in [0.29, 0.717) is 11.3 Å². The number of fused-ring (bicyclic) bond motifs is 1. The maximum atomic E-state index is 11.9. The third-order valence-corrected chi connectivity index (χ3v) is 5.68. The Balaban J connectivity index is 1.64. The van der Waals surface area contributed by atoms with Gasteiger partial charge in [-0.3, -0.25) is 4.79 Å². The smallest absolute Gasteiger partial charge is 0.336 e. The summed E-state index contributed by atoms with van der Waals surface area (Å²) in [5, 5.41) is 12.9. The molecule has 1 saturated heterocycles. The number of benzene rings is 1. The number of hydrogen-bond donors (Lipinski definition) is 2. The summed E-state index contributed by atoms with van der Waals surface area (Å²) in [6.45, 7) is 1.43. The van der Waals surface area contributed by atoms with E-state index in [9.17, 15) is 23.1 Å². The van der Waals surface area contributed by atoms with Crippen molar-refractivity contribution in [3.8, 4) is 5.75 Å². The highest BCUT2D eigenvalue weighted by atomic mass is 32.2. The fourth-order valence-corrected chi connectivity index (χ4v) is 4.50. The highest BCUT2D eigenvalue weighted by Gasteiger charge is 2.37. The molecule has 1 aromatic heterocycles. The van der Waals surface area contributed by atoms with Crippen LogP contribution in [0.25, 0.3) is 11.0 Å². The third-order valence-electron chi connectivity index (χ3n) is 3.96. The van der Waals surface area contributed by atoms with Crippen LogP contribution in [0.4, 0.5) is 0 Å². The van der Waals surface area contributed by atoms with E-state index in [0.717, 1.165) is 10.9 Å². The van der Waals surface area contributed by atoms with Gasteiger partial charge < -0.3 is 19.6 Å². The van der Waals surface area contributed by atoms with Gasteiger partial charge >= 0.3 is 5.63 Å². The van der Waals surface area contributed by atoms with Crippen molar-refractivity contribution in [2.24, 2.45) is 0 Å². The maximum Gasteiger partial charge on any atom is 0.336 e. The van der Waals surface area contributed by atoms with E-state index in [1.807, 2.05) is 0 Å². The molecule has 0 spiro atoms. The van der Waals surface area contributed by atoms with Gasteiger partial charge in [0, 0.05) is 17.5 Å². The molecule has 1 aromatic carbocycles. The molecule has 0 unspecified atom stereocenters. The molecule has 2 aromatic rings. The zero-order valence-corrected chi connectivity index (χ0v) is 14.2. The summed E-state index contributed by atoms with van der Waals surface area (Å²) in [4.78, 5) is 23.3. The minimum Gasteiger partial charge on any atom is -0.484 e. The Hall–Kier alpha value is -2.39. The first-order valence-corrected chi connectivity index (χ1v) is 9.41. The summed E-state index contributed by atoms with van der Waals surface area (Å²) in [7, 11) is -3.34. The van der Waals surface area contributed by atoms with Crippen molar-refractivity contribution in [3.63, 3.8) is 0 Å². The minimum atomic E-state index is -3.34. The second-order valence-corrected chi connectivity index (χ2v) is 8.17. The van der Waals surface area contributed by atoms with Crippen molar-refractivity contribution in [2.75, 3.05) is 18.1 Å². The molecular formula is C16H17NO7S. The van der Waals surface area contributed by atoms with Crippen molar-refractivity contribution in [1.29, 1.82) is 0 Å². The van der Waals surface area contributed by atoms with E-state index in [1.165, 1.54) is 12.1 Å². The van der Waals surface area contributed by atoms with Crippen molar-refractivity contribution in [1.82, 2.24) is 5.32 Å². The maximum absolute atomic E-state index is 11.9. The number of aliphatic hydroxyl groups excluding tert-OH is 1. The van der Waals surface area contributed by atoms with Crippen LogP contribution in [-0.4, -0.2) is 49.7 Å². The number of carbonyl (C=O) groups excluding carboxylic acids is 1. The number of amides is 1. The number of sulfone groups is 1. The Bertz CT molecular complexity index is 980. The predicted octanol–water partition coefficient (Wildman–Crippen LogP) is -0.246. The predicted molar refractivity (Wildman–Crippen MR) is 89.3 cm³/mol. The molecule has 0 saturated carbocycles. The van der Waals surface area contributed by atoms with Crippen LogP contribution >= 0.6 is 0 Å². The molecule has 2 atom stereocenters. The van der Waals surface area contributed by atoms with Gasteiger partial charge in [0.1, 0.15) is 11.3 Å². The molecular weight excluding hydrogens is 350 g/mol. The lowest BCUT2D eigenvalue weighted by Gasteiger charge is -2.15. The first kappa shape index (κ1) is 17.4. The fraction of sp³-hybridized carbons (Fsp3) is 0.375. The SMILES string of the molecule is Cc1cc(=O)oc2cc(OCC(=O)N[C@@H]3CS(=O)(=O)C[C@H]3O)ccc12. The van der Waals surface area contributed by atoms with E-state index in [-0.39, 0.29) is 18.1 Å². The zero-order chi connectivity index (χ0) is 18.2. The zero-order valence-electron chi connectivity index (χ0n) is 13.4. The third kappa shape index (κ3) is 3.99. The van der Waals surface area contributed by atoms with Gasteiger partial charge in [-0.1, -0.05) is 0 Å². The van der Waals surface area contributed by atoms with Crippen LogP contribution in [0.3, 0.4) is 0 Å². The van der Waals surface area contributed by atoms with Gasteiger partial charge in [-0.05, 0) is 24.6 Å². The summed E-state index contributed by atoms with van der Waals surface area (Å²) >= 11 is 0. The van der Waals surface area contributed by atoms with Crippen molar-refractivity contribution < 1.29 is 27.5 Å². The first-order valence-electron chi connectivity index (χ1n) is 7.59. The van der Waals surface area contributed by atoms with E-state index < -0.39 is 33.5 Å². The average molecular weight is 367 g/mol. The Morgan fingerprint density at radius 1 is 1.36 bits per heavy atom. The van der Waals surface area contributed by atoms with Crippen molar-refractivity contribution in [3.05, 3.63) is 40.2 Å². The Morgan fingerprint density at radius 2 is 2.12 bits per heavy atom. The fourth-order valence-electron chi connectivity index (χ4n) is 2.76. The molecule has 8 nitrogen and oxygen atoms in total. The lowest BCUT2D eigenvalue weighted by atomic mass is 10.1. The molecule has 0 radical (unpaired) electrons. The Morgan fingerprint density at radius 3 is 2.80 bits per heavy atom. The summed E-state index contributed by atoms with van der Waals surface area (Å²) in [5.41, 5.74) is 0.642. The molecule has 0 bridgehead atoms. The van der Waals surface area contributed by atoms with Gasteiger partial charge in [0.25, 0.3) is 5.91 Å². The van der Waals surface area contributed by atoms with Crippen LogP contribution < -0.4 is 15.7 Å². The van der Waals surface area contributed by atoms with Crippen LogP contribution in [-0.2, 0) is 14.6 Å². The summed E-state index contributed by atoms with van der Waals surface area (Å²) < 4.78 is 33.3. The lowest BCUT2D eigenvalue weighted by molar-refractivity contribution is -0.124. The summed E-state index contributed by atoms with van der Waals surface area (Å²) in [6.07, 6.45) is -1.12. The topological polar surface area (TPSA) is 123 Å². The van der Waals surface area contributed by atoms with Gasteiger partial charge in [0.2, 0.25) is 0 Å². The van der Waals surface area contributed by atoms with Gasteiger partial charge in [0.05, 0.1) is 23.7 Å². The van der Waals surface area contributed by atoms with Crippen LogP contribution in [0.2, 0.25) is 0 Å². The van der Waals surface area contributed by atoms with Crippen LogP contribution in [0, 0.1) is 6.92 Å². The summed E-state index contributed by atoms with van der Waals surface area (Å²) in [6, 6.07) is 5.41. The Labute approximate surface area is 143 Å². The summed E-state index contributed by atoms with van der Waals surface area (Å²) in [5.74, 6) is -0.870. The van der Waals surface area contributed by atoms with E-state index in [1.54, 1.807) is 19.1 Å². The lowest BCUT2D eigenvalue weighted by Crippen LogP contribution is -2.44. The molecule has 25 heavy (non-hydrogen) atoms. The molecule has 2 N–H and O–H groups in total. The Kier molecular flexibility index (Phi) is 4.53. The van der Waals surface area contributed by atoms with Crippen LogP contribution in [0.15, 0.2) is 33.5 Å².